The SMILES string of the molecule is CCOc1ccc(N2C(=O)NC(=O)/C(=C\c3ccc(OCC(=O)Nc4ccc(C)cc4C)c(OC)c3)C2=O)cc1. The molecule has 2 N–H and O–H groups in total. The molecule has 3 aromatic carbocycles. The Kier molecular flexibility index (Phi) is 8.48. The van der Waals surface area contributed by atoms with Gasteiger partial charge in [0.2, 0.25) is 0 Å². The van der Waals surface area contributed by atoms with Gasteiger partial charge >= 0.3 is 6.03 Å². The Hall–Kier alpha value is -5.12. The number of imide groups is 2. The first-order valence-electron chi connectivity index (χ1n) is 12.5. The summed E-state index contributed by atoms with van der Waals surface area (Å²) >= 11 is 0. The molecular weight excluding hydrogens is 514 g/mol. The number of rotatable bonds is 9. The molecule has 3 aromatic rings. The quantitative estimate of drug-likeness (QED) is 0.303. The van der Waals surface area contributed by atoms with E-state index in [0.717, 1.165) is 16.0 Å². The Bertz CT molecular complexity index is 1500. The third kappa shape index (κ3) is 6.29. The van der Waals surface area contributed by atoms with Crippen molar-refractivity contribution in [2.24, 2.45) is 0 Å². The second-order valence-electron chi connectivity index (χ2n) is 8.95. The molecule has 1 fully saturated rings. The fourth-order valence-electron chi connectivity index (χ4n) is 4.09. The van der Waals surface area contributed by atoms with Crippen molar-refractivity contribution < 1.29 is 33.4 Å². The maximum Gasteiger partial charge on any atom is 0.335 e. The first kappa shape index (κ1) is 27.9. The molecular formula is C30H29N3O7. The number of urea groups is 1. The van der Waals surface area contributed by atoms with Crippen LogP contribution in [0.5, 0.6) is 17.2 Å². The van der Waals surface area contributed by atoms with Crippen LogP contribution < -0.4 is 29.7 Å². The summed E-state index contributed by atoms with van der Waals surface area (Å²) < 4.78 is 16.5. The fraction of sp³-hybridized carbons (Fsp3) is 0.200. The smallest absolute Gasteiger partial charge is 0.335 e. The number of methoxy groups -OCH3 is 1. The van der Waals surface area contributed by atoms with Gasteiger partial charge in [0, 0.05) is 5.69 Å². The van der Waals surface area contributed by atoms with Crippen LogP contribution in [0.4, 0.5) is 16.2 Å². The van der Waals surface area contributed by atoms with Gasteiger partial charge in [-0.1, -0.05) is 23.8 Å². The van der Waals surface area contributed by atoms with Gasteiger partial charge in [-0.3, -0.25) is 19.7 Å². The maximum atomic E-state index is 13.2. The van der Waals surface area contributed by atoms with Crippen LogP contribution in [0.2, 0.25) is 0 Å². The molecule has 1 aliphatic heterocycles. The molecule has 206 valence electrons. The van der Waals surface area contributed by atoms with Gasteiger partial charge in [-0.2, -0.15) is 0 Å². The number of barbiturate groups is 1. The maximum absolute atomic E-state index is 13.2. The van der Waals surface area contributed by atoms with E-state index in [1.54, 1.807) is 42.5 Å². The molecule has 10 heteroatoms. The van der Waals surface area contributed by atoms with Gasteiger partial charge in [-0.15, -0.1) is 0 Å². The van der Waals surface area contributed by atoms with Gasteiger partial charge in [0.15, 0.2) is 18.1 Å². The van der Waals surface area contributed by atoms with E-state index in [1.165, 1.54) is 13.2 Å². The average molecular weight is 544 g/mol. The molecule has 10 nitrogen and oxygen atoms in total. The van der Waals surface area contributed by atoms with E-state index in [-0.39, 0.29) is 29.5 Å². The Labute approximate surface area is 231 Å². The summed E-state index contributed by atoms with van der Waals surface area (Å²) in [6.07, 6.45) is 1.35. The molecule has 0 radical (unpaired) electrons. The van der Waals surface area contributed by atoms with E-state index in [1.807, 2.05) is 39.0 Å². The number of carbonyl (C=O) groups excluding carboxylic acids is 4. The molecule has 5 amide bonds. The second kappa shape index (κ2) is 12.2. The van der Waals surface area contributed by atoms with Crippen molar-refractivity contribution in [3.05, 3.63) is 82.9 Å². The van der Waals surface area contributed by atoms with Crippen LogP contribution in [0.1, 0.15) is 23.6 Å². The number of aryl methyl sites for hydroxylation is 2. The fourth-order valence-corrected chi connectivity index (χ4v) is 4.09. The van der Waals surface area contributed by atoms with Crippen LogP contribution in [0.3, 0.4) is 0 Å². The van der Waals surface area contributed by atoms with Gasteiger partial charge < -0.3 is 19.5 Å². The van der Waals surface area contributed by atoms with Crippen molar-refractivity contribution in [3.8, 4) is 17.2 Å². The number of amides is 5. The number of anilines is 2. The number of hydrogen-bond donors (Lipinski definition) is 2. The van der Waals surface area contributed by atoms with E-state index < -0.39 is 17.8 Å². The summed E-state index contributed by atoms with van der Waals surface area (Å²) in [4.78, 5) is 51.6. The molecule has 40 heavy (non-hydrogen) atoms. The molecule has 1 heterocycles. The monoisotopic (exact) mass is 543 g/mol. The zero-order valence-corrected chi connectivity index (χ0v) is 22.6. The Morgan fingerprint density at radius 1 is 0.950 bits per heavy atom. The minimum absolute atomic E-state index is 0.239. The summed E-state index contributed by atoms with van der Waals surface area (Å²) in [5, 5.41) is 5.01. The molecule has 0 bridgehead atoms. The molecule has 1 saturated heterocycles. The van der Waals surface area contributed by atoms with Gasteiger partial charge in [0.25, 0.3) is 17.7 Å². The highest BCUT2D eigenvalue weighted by atomic mass is 16.5. The van der Waals surface area contributed by atoms with Crippen LogP contribution in [0.25, 0.3) is 6.08 Å². The lowest BCUT2D eigenvalue weighted by Gasteiger charge is -2.26. The number of hydrogen-bond acceptors (Lipinski definition) is 7. The standard InChI is InChI=1S/C30H29N3O7/c1-5-39-22-10-8-21(9-11-22)33-29(36)23(28(35)32-30(33)37)15-20-7-13-25(26(16-20)38-4)40-17-27(34)31-24-12-6-18(2)14-19(24)3/h6-16H,5,17H2,1-4H3,(H,31,34)(H,32,35,37)/b23-15+. The van der Waals surface area contributed by atoms with Crippen LogP contribution >= 0.6 is 0 Å². The summed E-state index contributed by atoms with van der Waals surface area (Å²) in [7, 11) is 1.43. The van der Waals surface area contributed by atoms with Crippen molar-refractivity contribution in [1.82, 2.24) is 5.32 Å². The summed E-state index contributed by atoms with van der Waals surface area (Å²) in [6.45, 7) is 5.93. The van der Waals surface area contributed by atoms with Gasteiger partial charge in [-0.05, 0) is 80.4 Å². The number of benzene rings is 3. The first-order valence-corrected chi connectivity index (χ1v) is 12.5. The van der Waals surface area contributed by atoms with Crippen molar-refractivity contribution in [3.63, 3.8) is 0 Å². The minimum atomic E-state index is -0.850. The van der Waals surface area contributed by atoms with E-state index in [2.05, 4.69) is 10.6 Å². The van der Waals surface area contributed by atoms with E-state index in [4.69, 9.17) is 14.2 Å². The molecule has 0 atom stereocenters. The zero-order chi connectivity index (χ0) is 28.8. The number of carbonyl (C=O) groups is 4. The van der Waals surface area contributed by atoms with Crippen LogP contribution in [-0.2, 0) is 14.4 Å². The molecule has 1 aliphatic rings. The molecule has 0 spiro atoms. The van der Waals surface area contributed by atoms with Crippen LogP contribution in [0, 0.1) is 13.8 Å². The van der Waals surface area contributed by atoms with Crippen LogP contribution in [-0.4, -0.2) is 44.1 Å². The molecule has 0 saturated carbocycles. The Morgan fingerprint density at radius 2 is 1.70 bits per heavy atom. The highest BCUT2D eigenvalue weighted by Gasteiger charge is 2.36. The average Bonchev–Trinajstić information content (AvgIpc) is 2.92. The summed E-state index contributed by atoms with van der Waals surface area (Å²) in [5.41, 5.74) is 3.22. The predicted octanol–water partition coefficient (Wildman–Crippen LogP) is 4.39. The highest BCUT2D eigenvalue weighted by Crippen LogP contribution is 2.30. The number of ether oxygens (including phenoxy) is 3. The van der Waals surface area contributed by atoms with E-state index in [9.17, 15) is 19.2 Å². The van der Waals surface area contributed by atoms with E-state index in [0.29, 0.717) is 29.4 Å². The highest BCUT2D eigenvalue weighted by molar-refractivity contribution is 6.39. The molecule has 0 unspecified atom stereocenters. The van der Waals surface area contributed by atoms with Gasteiger partial charge in [0.1, 0.15) is 11.3 Å². The van der Waals surface area contributed by atoms with Crippen molar-refractivity contribution in [1.29, 1.82) is 0 Å². The number of nitrogens with zero attached hydrogens (tertiary/aromatic N) is 1. The lowest BCUT2D eigenvalue weighted by molar-refractivity contribution is -0.122. The van der Waals surface area contributed by atoms with Crippen molar-refractivity contribution >= 4 is 41.2 Å². The van der Waals surface area contributed by atoms with Gasteiger partial charge in [0.05, 0.1) is 19.4 Å². The first-order chi connectivity index (χ1) is 19.2. The normalized spacial score (nSPS) is 14.2. The third-order valence-corrected chi connectivity index (χ3v) is 6.02. The summed E-state index contributed by atoms with van der Waals surface area (Å²) in [6, 6.07) is 16.0. The van der Waals surface area contributed by atoms with Gasteiger partial charge in [-0.25, -0.2) is 9.69 Å². The number of nitrogens with one attached hydrogen (secondary N) is 2. The van der Waals surface area contributed by atoms with E-state index >= 15 is 0 Å². The molecule has 0 aliphatic carbocycles. The minimum Gasteiger partial charge on any atom is -0.494 e. The largest absolute Gasteiger partial charge is 0.494 e. The third-order valence-electron chi connectivity index (χ3n) is 6.02. The van der Waals surface area contributed by atoms with Crippen LogP contribution in [0.15, 0.2) is 66.2 Å². The topological polar surface area (TPSA) is 123 Å². The Morgan fingerprint density at radius 3 is 2.38 bits per heavy atom. The van der Waals surface area contributed by atoms with Crippen molar-refractivity contribution in [2.45, 2.75) is 20.8 Å². The molecule has 4 rings (SSSR count). The zero-order valence-electron chi connectivity index (χ0n) is 22.6. The Balaban J connectivity index is 1.49. The lowest BCUT2D eigenvalue weighted by Crippen LogP contribution is -2.54. The predicted molar refractivity (Wildman–Crippen MR) is 150 cm³/mol. The lowest BCUT2D eigenvalue weighted by atomic mass is 10.1. The summed E-state index contributed by atoms with van der Waals surface area (Å²) in [5.74, 6) is -0.772. The molecule has 0 aromatic heterocycles. The van der Waals surface area contributed by atoms with Crippen molar-refractivity contribution in [2.75, 3.05) is 30.5 Å². The second-order valence-corrected chi connectivity index (χ2v) is 8.95.